The third-order valence-corrected chi connectivity index (χ3v) is 3.03. The summed E-state index contributed by atoms with van der Waals surface area (Å²) in [6.45, 7) is 17.1. The first-order chi connectivity index (χ1) is 9.43. The van der Waals surface area contributed by atoms with Crippen LogP contribution in [0.4, 0.5) is 0 Å². The van der Waals surface area contributed by atoms with Crippen LogP contribution in [0.1, 0.15) is 41.5 Å². The number of rotatable bonds is 11. The van der Waals surface area contributed by atoms with Crippen molar-refractivity contribution in [1.29, 1.82) is 0 Å². The Balaban J connectivity index is 3.92. The molecule has 118 valence electrons. The van der Waals surface area contributed by atoms with Crippen LogP contribution in [0.2, 0.25) is 0 Å². The summed E-state index contributed by atoms with van der Waals surface area (Å²) in [7, 11) is 0. The molecule has 3 heteroatoms. The first-order valence-corrected chi connectivity index (χ1v) is 7.94. The third-order valence-electron chi connectivity index (χ3n) is 3.03. The van der Waals surface area contributed by atoms with Gasteiger partial charge in [0.2, 0.25) is 0 Å². The molecule has 0 aromatic rings. The fourth-order valence-corrected chi connectivity index (χ4v) is 1.69. The zero-order valence-electron chi connectivity index (χ0n) is 14.3. The molecule has 20 heavy (non-hydrogen) atoms. The second-order valence-corrected chi connectivity index (χ2v) is 6.12. The van der Waals surface area contributed by atoms with Crippen LogP contribution in [0.25, 0.3) is 0 Å². The van der Waals surface area contributed by atoms with Gasteiger partial charge in [0.25, 0.3) is 0 Å². The quantitative estimate of drug-likeness (QED) is 0.570. The van der Waals surface area contributed by atoms with Gasteiger partial charge in [-0.3, -0.25) is 4.90 Å². The minimum atomic E-state index is 0.553. The fourth-order valence-electron chi connectivity index (χ4n) is 1.69. The molecular weight excluding hydrogens is 246 g/mol. The molecule has 0 amide bonds. The minimum Gasteiger partial charge on any atom is -0.311 e. The largest absolute Gasteiger partial charge is 0.311 e. The fraction of sp³-hybridized carbons (Fsp3) is 0.765. The second kappa shape index (κ2) is 12.1. The molecule has 0 heterocycles. The summed E-state index contributed by atoms with van der Waals surface area (Å²) in [6, 6.07) is 1.68. The molecule has 0 aliphatic rings. The molecule has 0 saturated heterocycles. The zero-order valence-corrected chi connectivity index (χ0v) is 14.3. The monoisotopic (exact) mass is 281 g/mol. The van der Waals surface area contributed by atoms with E-state index in [1.165, 1.54) is 0 Å². The maximum absolute atomic E-state index is 3.39. The molecule has 0 aliphatic heterocycles. The lowest BCUT2D eigenvalue weighted by Crippen LogP contribution is -2.31. The van der Waals surface area contributed by atoms with Crippen LogP contribution in [-0.2, 0) is 0 Å². The van der Waals surface area contributed by atoms with E-state index in [0.29, 0.717) is 18.1 Å². The number of nitrogens with zero attached hydrogens (tertiary/aromatic N) is 1. The summed E-state index contributed by atoms with van der Waals surface area (Å²) < 4.78 is 0. The predicted octanol–water partition coefficient (Wildman–Crippen LogP) is 2.81. The Bertz CT molecular complexity index is 243. The zero-order chi connectivity index (χ0) is 15.4. The maximum Gasteiger partial charge on any atom is 0.0169 e. The highest BCUT2D eigenvalue weighted by atomic mass is 15.1. The van der Waals surface area contributed by atoms with Crippen LogP contribution in [0.15, 0.2) is 24.3 Å². The maximum atomic E-state index is 3.39. The van der Waals surface area contributed by atoms with Crippen molar-refractivity contribution in [2.45, 2.75) is 59.7 Å². The molecule has 2 N–H and O–H groups in total. The molecule has 0 fully saturated rings. The van der Waals surface area contributed by atoms with Crippen LogP contribution in [0, 0.1) is 0 Å². The molecule has 0 spiro atoms. The van der Waals surface area contributed by atoms with Crippen molar-refractivity contribution < 1.29 is 0 Å². The Hall–Kier alpha value is -0.640. The molecule has 0 saturated carbocycles. The minimum absolute atomic E-state index is 0.553. The van der Waals surface area contributed by atoms with E-state index in [2.05, 4.69) is 81.4 Å². The van der Waals surface area contributed by atoms with Gasteiger partial charge in [-0.05, 0) is 13.8 Å². The summed E-state index contributed by atoms with van der Waals surface area (Å²) in [4.78, 5) is 2.46. The lowest BCUT2D eigenvalue weighted by atomic mass is 10.3. The van der Waals surface area contributed by atoms with Crippen LogP contribution >= 0.6 is 0 Å². The molecule has 0 radical (unpaired) electrons. The van der Waals surface area contributed by atoms with Crippen molar-refractivity contribution >= 4 is 0 Å². The van der Waals surface area contributed by atoms with Gasteiger partial charge in [-0.25, -0.2) is 0 Å². The molecule has 0 aromatic carbocycles. The first-order valence-electron chi connectivity index (χ1n) is 7.94. The summed E-state index contributed by atoms with van der Waals surface area (Å²) in [6.07, 6.45) is 8.96. The van der Waals surface area contributed by atoms with E-state index in [1.54, 1.807) is 0 Å². The Labute approximate surface area is 126 Å². The van der Waals surface area contributed by atoms with E-state index in [9.17, 15) is 0 Å². The predicted molar refractivity (Wildman–Crippen MR) is 91.3 cm³/mol. The Morgan fingerprint density at radius 3 is 1.40 bits per heavy atom. The van der Waals surface area contributed by atoms with Crippen molar-refractivity contribution in [3.63, 3.8) is 0 Å². The van der Waals surface area contributed by atoms with E-state index in [4.69, 9.17) is 0 Å². The van der Waals surface area contributed by atoms with E-state index in [1.807, 2.05) is 0 Å². The van der Waals surface area contributed by atoms with Gasteiger partial charge in [-0.15, -0.1) is 0 Å². The summed E-state index contributed by atoms with van der Waals surface area (Å²) in [5, 5.41) is 6.78. The van der Waals surface area contributed by atoms with E-state index >= 15 is 0 Å². The van der Waals surface area contributed by atoms with Crippen molar-refractivity contribution in [3.8, 4) is 0 Å². The van der Waals surface area contributed by atoms with Gasteiger partial charge in [-0.2, -0.15) is 0 Å². The van der Waals surface area contributed by atoms with E-state index in [0.717, 1.165) is 26.2 Å². The van der Waals surface area contributed by atoms with Crippen molar-refractivity contribution in [3.05, 3.63) is 24.3 Å². The highest BCUT2D eigenvalue weighted by Crippen LogP contribution is 1.98. The Kier molecular flexibility index (Phi) is 11.7. The second-order valence-electron chi connectivity index (χ2n) is 6.12. The summed E-state index contributed by atoms with van der Waals surface area (Å²) in [5.41, 5.74) is 0. The first kappa shape index (κ1) is 19.4. The highest BCUT2D eigenvalue weighted by Gasteiger charge is 2.04. The van der Waals surface area contributed by atoms with Gasteiger partial charge in [-0.1, -0.05) is 52.0 Å². The molecular formula is C17H35N3. The summed E-state index contributed by atoms with van der Waals surface area (Å²) >= 11 is 0. The van der Waals surface area contributed by atoms with Crippen molar-refractivity contribution in [2.24, 2.45) is 0 Å². The van der Waals surface area contributed by atoms with Gasteiger partial charge in [0.1, 0.15) is 0 Å². The number of hydrogen-bond donors (Lipinski definition) is 2. The van der Waals surface area contributed by atoms with E-state index < -0.39 is 0 Å². The van der Waals surface area contributed by atoms with Crippen molar-refractivity contribution in [1.82, 2.24) is 15.5 Å². The van der Waals surface area contributed by atoms with Crippen LogP contribution in [-0.4, -0.2) is 49.2 Å². The van der Waals surface area contributed by atoms with Crippen molar-refractivity contribution in [2.75, 3.05) is 26.2 Å². The molecule has 0 aromatic heterocycles. The Morgan fingerprint density at radius 2 is 1.10 bits per heavy atom. The molecule has 0 aliphatic carbocycles. The van der Waals surface area contributed by atoms with Crippen LogP contribution in [0.3, 0.4) is 0 Å². The normalized spacial score (nSPS) is 13.1. The van der Waals surface area contributed by atoms with E-state index in [-0.39, 0.29) is 0 Å². The van der Waals surface area contributed by atoms with Gasteiger partial charge in [0.15, 0.2) is 0 Å². The molecule has 3 nitrogen and oxygen atoms in total. The average molecular weight is 281 g/mol. The summed E-state index contributed by atoms with van der Waals surface area (Å²) in [5.74, 6) is 0. The lowest BCUT2D eigenvalue weighted by Gasteiger charge is -2.23. The van der Waals surface area contributed by atoms with Gasteiger partial charge >= 0.3 is 0 Å². The molecule has 0 bridgehead atoms. The smallest absolute Gasteiger partial charge is 0.0169 e. The molecule has 0 atom stereocenters. The average Bonchev–Trinajstić information content (AvgIpc) is 2.34. The highest BCUT2D eigenvalue weighted by molar-refractivity contribution is 4.92. The Morgan fingerprint density at radius 1 is 0.700 bits per heavy atom. The third kappa shape index (κ3) is 12.4. The van der Waals surface area contributed by atoms with Gasteiger partial charge in [0, 0.05) is 44.3 Å². The van der Waals surface area contributed by atoms with Gasteiger partial charge in [0.05, 0.1) is 0 Å². The van der Waals surface area contributed by atoms with Crippen LogP contribution in [0.5, 0.6) is 0 Å². The standard InChI is InChI=1S/C17H35N3/c1-15(2)18-11-7-9-13-20(17(5)6)14-10-8-12-19-16(3)4/h7-10,15-19H,11-14H2,1-6H3/b9-7+,10-8+. The lowest BCUT2D eigenvalue weighted by molar-refractivity contribution is 0.272. The molecule has 0 unspecified atom stereocenters. The number of hydrogen-bond acceptors (Lipinski definition) is 3. The topological polar surface area (TPSA) is 27.3 Å². The molecule has 0 rings (SSSR count). The SMILES string of the molecule is CC(C)NC/C=C/CN(C/C=C/CNC(C)C)C(C)C. The number of nitrogens with one attached hydrogen (secondary N) is 2. The van der Waals surface area contributed by atoms with Gasteiger partial charge < -0.3 is 10.6 Å². The van der Waals surface area contributed by atoms with Crippen LogP contribution < -0.4 is 10.6 Å².